The van der Waals surface area contributed by atoms with Gasteiger partial charge in [0.1, 0.15) is 0 Å². The second kappa shape index (κ2) is 7.79. The SMILES string of the molecule is C[C@@H](NC(=O)c1ccc2c(c1)CCCN2S(C)(=O)=O)c1ccc(S(C)(=O)=O)cc1. The predicted octanol–water partition coefficient (Wildman–Crippen LogP) is 2.29. The van der Waals surface area contributed by atoms with Crippen molar-refractivity contribution in [1.82, 2.24) is 5.32 Å². The Morgan fingerprint density at radius 3 is 2.28 bits per heavy atom. The molecule has 0 spiro atoms. The van der Waals surface area contributed by atoms with Crippen LogP contribution in [0, 0.1) is 0 Å². The Kier molecular flexibility index (Phi) is 5.73. The highest BCUT2D eigenvalue weighted by Gasteiger charge is 2.25. The lowest BCUT2D eigenvalue weighted by Crippen LogP contribution is -2.35. The van der Waals surface area contributed by atoms with Crippen molar-refractivity contribution < 1.29 is 21.6 Å². The van der Waals surface area contributed by atoms with Crippen molar-refractivity contribution in [3.63, 3.8) is 0 Å². The van der Waals surface area contributed by atoms with Crippen LogP contribution in [0.3, 0.4) is 0 Å². The summed E-state index contributed by atoms with van der Waals surface area (Å²) in [4.78, 5) is 12.9. The quantitative estimate of drug-likeness (QED) is 0.775. The van der Waals surface area contributed by atoms with Gasteiger partial charge in [0.15, 0.2) is 9.84 Å². The van der Waals surface area contributed by atoms with Gasteiger partial charge >= 0.3 is 0 Å². The van der Waals surface area contributed by atoms with E-state index in [0.717, 1.165) is 17.4 Å². The van der Waals surface area contributed by atoms with Gasteiger partial charge in [-0.05, 0) is 61.2 Å². The number of amides is 1. The van der Waals surface area contributed by atoms with Crippen molar-refractivity contribution in [2.45, 2.75) is 30.7 Å². The highest BCUT2D eigenvalue weighted by atomic mass is 32.2. The number of hydrogen-bond acceptors (Lipinski definition) is 5. The lowest BCUT2D eigenvalue weighted by molar-refractivity contribution is 0.0939. The maximum atomic E-state index is 12.7. The first-order chi connectivity index (χ1) is 13.5. The molecule has 1 aliphatic rings. The molecule has 1 N–H and O–H groups in total. The molecule has 1 heterocycles. The molecule has 3 rings (SSSR count). The molecule has 9 heteroatoms. The highest BCUT2D eigenvalue weighted by Crippen LogP contribution is 2.30. The summed E-state index contributed by atoms with van der Waals surface area (Å²) in [6, 6.07) is 11.1. The minimum absolute atomic E-state index is 0.227. The van der Waals surface area contributed by atoms with E-state index in [4.69, 9.17) is 0 Å². The molecule has 156 valence electrons. The Hall–Kier alpha value is -2.39. The van der Waals surface area contributed by atoms with Crippen molar-refractivity contribution in [3.05, 3.63) is 59.2 Å². The van der Waals surface area contributed by atoms with E-state index < -0.39 is 19.9 Å². The van der Waals surface area contributed by atoms with Gasteiger partial charge in [-0.2, -0.15) is 0 Å². The summed E-state index contributed by atoms with van der Waals surface area (Å²) in [7, 11) is -6.62. The fourth-order valence-electron chi connectivity index (χ4n) is 3.42. The molecule has 1 aliphatic heterocycles. The zero-order valence-electron chi connectivity index (χ0n) is 16.5. The van der Waals surface area contributed by atoms with Crippen molar-refractivity contribution in [1.29, 1.82) is 0 Å². The van der Waals surface area contributed by atoms with Crippen molar-refractivity contribution >= 4 is 31.5 Å². The molecule has 0 radical (unpaired) electrons. The van der Waals surface area contributed by atoms with E-state index in [1.54, 1.807) is 30.3 Å². The lowest BCUT2D eigenvalue weighted by Gasteiger charge is -2.29. The molecule has 0 unspecified atom stereocenters. The van der Waals surface area contributed by atoms with Crippen LogP contribution < -0.4 is 9.62 Å². The molecule has 0 fully saturated rings. The lowest BCUT2D eigenvalue weighted by atomic mass is 10.00. The molecule has 1 amide bonds. The third kappa shape index (κ3) is 4.79. The van der Waals surface area contributed by atoms with Crippen molar-refractivity contribution in [3.8, 4) is 0 Å². The van der Waals surface area contributed by atoms with E-state index in [-0.39, 0.29) is 16.8 Å². The number of fused-ring (bicyclic) bond motifs is 1. The van der Waals surface area contributed by atoms with Gasteiger partial charge < -0.3 is 5.32 Å². The summed E-state index contributed by atoms with van der Waals surface area (Å²) in [6.07, 6.45) is 3.74. The summed E-state index contributed by atoms with van der Waals surface area (Å²) in [5.41, 5.74) is 2.70. The van der Waals surface area contributed by atoms with Gasteiger partial charge in [0.05, 0.1) is 22.9 Å². The van der Waals surface area contributed by atoms with Gasteiger partial charge in [-0.1, -0.05) is 12.1 Å². The third-order valence-corrected chi connectivity index (χ3v) is 7.28. The molecule has 1 atom stereocenters. The molecule has 0 bridgehead atoms. The molecule has 7 nitrogen and oxygen atoms in total. The zero-order chi connectivity index (χ0) is 21.4. The fraction of sp³-hybridized carbons (Fsp3) is 0.350. The van der Waals surface area contributed by atoms with Gasteiger partial charge in [0, 0.05) is 18.4 Å². The smallest absolute Gasteiger partial charge is 0.251 e. The second-order valence-electron chi connectivity index (χ2n) is 7.32. The average Bonchev–Trinajstić information content (AvgIpc) is 2.65. The molecular formula is C20H24N2O5S2. The Balaban J connectivity index is 1.77. The Morgan fingerprint density at radius 2 is 1.69 bits per heavy atom. The van der Waals surface area contributed by atoms with Crippen LogP contribution >= 0.6 is 0 Å². The number of aryl methyl sites for hydroxylation is 1. The number of rotatable bonds is 5. The molecular weight excluding hydrogens is 412 g/mol. The summed E-state index contributed by atoms with van der Waals surface area (Å²) >= 11 is 0. The number of sulfonamides is 1. The van der Waals surface area contributed by atoms with Crippen molar-refractivity contribution in [2.75, 3.05) is 23.4 Å². The maximum absolute atomic E-state index is 12.7. The third-order valence-electron chi connectivity index (χ3n) is 4.97. The van der Waals surface area contributed by atoms with Gasteiger partial charge in [-0.25, -0.2) is 16.8 Å². The van der Waals surface area contributed by atoms with Crippen LogP contribution in [-0.2, 0) is 26.3 Å². The van der Waals surface area contributed by atoms with Crippen LogP contribution in [0.2, 0.25) is 0 Å². The van der Waals surface area contributed by atoms with Crippen LogP contribution in [0.1, 0.15) is 40.9 Å². The summed E-state index contributed by atoms with van der Waals surface area (Å²) in [5, 5.41) is 2.90. The van der Waals surface area contributed by atoms with Crippen LogP contribution in [-0.4, -0.2) is 41.8 Å². The van der Waals surface area contributed by atoms with E-state index in [2.05, 4.69) is 5.32 Å². The van der Waals surface area contributed by atoms with Crippen LogP contribution in [0.4, 0.5) is 5.69 Å². The molecule has 29 heavy (non-hydrogen) atoms. The van der Waals surface area contributed by atoms with E-state index >= 15 is 0 Å². The van der Waals surface area contributed by atoms with Crippen LogP contribution in [0.15, 0.2) is 47.4 Å². The number of nitrogens with zero attached hydrogens (tertiary/aromatic N) is 1. The summed E-state index contributed by atoms with van der Waals surface area (Å²) < 4.78 is 48.4. The Morgan fingerprint density at radius 1 is 1.03 bits per heavy atom. The topological polar surface area (TPSA) is 101 Å². The fourth-order valence-corrected chi connectivity index (χ4v) is 5.04. The minimum atomic E-state index is -3.35. The maximum Gasteiger partial charge on any atom is 0.251 e. The highest BCUT2D eigenvalue weighted by molar-refractivity contribution is 7.92. The number of nitrogens with one attached hydrogen (secondary N) is 1. The van der Waals surface area contributed by atoms with Gasteiger partial charge in [0.25, 0.3) is 5.91 Å². The number of carbonyl (C=O) groups excluding carboxylic acids is 1. The standard InChI is InChI=1S/C20H24N2O5S2/c1-14(15-6-9-18(10-7-15)28(2,24)25)21-20(23)17-8-11-19-16(13-17)5-4-12-22(19)29(3,26)27/h6-11,13-14H,4-5,12H2,1-3H3,(H,21,23)/t14-/m1/s1. The van der Waals surface area contributed by atoms with Crippen LogP contribution in [0.5, 0.6) is 0 Å². The number of anilines is 1. The average molecular weight is 437 g/mol. The normalized spacial score (nSPS) is 15.5. The number of benzene rings is 2. The number of hydrogen-bond donors (Lipinski definition) is 1. The largest absolute Gasteiger partial charge is 0.346 e. The summed E-state index contributed by atoms with van der Waals surface area (Å²) in [6.45, 7) is 2.26. The van der Waals surface area contributed by atoms with Gasteiger partial charge in [-0.3, -0.25) is 9.10 Å². The minimum Gasteiger partial charge on any atom is -0.346 e. The molecule has 0 saturated carbocycles. The van der Waals surface area contributed by atoms with Gasteiger partial charge in [-0.15, -0.1) is 0 Å². The molecule has 0 aliphatic carbocycles. The van der Waals surface area contributed by atoms with E-state index in [1.807, 2.05) is 6.92 Å². The Labute approximate surface area is 171 Å². The monoisotopic (exact) mass is 436 g/mol. The Bertz CT molecular complexity index is 1140. The number of sulfone groups is 1. The second-order valence-corrected chi connectivity index (χ2v) is 11.2. The van der Waals surface area contributed by atoms with Gasteiger partial charge in [0.2, 0.25) is 10.0 Å². The predicted molar refractivity (Wildman–Crippen MR) is 112 cm³/mol. The summed E-state index contributed by atoms with van der Waals surface area (Å²) in [5.74, 6) is -0.274. The van der Waals surface area contributed by atoms with Crippen molar-refractivity contribution in [2.24, 2.45) is 0 Å². The first kappa shape index (κ1) is 21.3. The molecule has 2 aromatic carbocycles. The molecule has 2 aromatic rings. The molecule has 0 saturated heterocycles. The first-order valence-electron chi connectivity index (χ1n) is 9.18. The van der Waals surface area contributed by atoms with E-state index in [0.29, 0.717) is 30.6 Å². The van der Waals surface area contributed by atoms with Crippen LogP contribution in [0.25, 0.3) is 0 Å². The zero-order valence-corrected chi connectivity index (χ0v) is 18.2. The van der Waals surface area contributed by atoms with E-state index in [9.17, 15) is 21.6 Å². The molecule has 0 aromatic heterocycles. The number of carbonyl (C=O) groups is 1. The first-order valence-corrected chi connectivity index (χ1v) is 12.9. The van der Waals surface area contributed by atoms with E-state index in [1.165, 1.54) is 22.7 Å².